The van der Waals surface area contributed by atoms with Gasteiger partial charge in [0.05, 0.1) is 31.8 Å². The van der Waals surface area contributed by atoms with Crippen molar-refractivity contribution in [1.29, 1.82) is 0 Å². The van der Waals surface area contributed by atoms with E-state index in [1.807, 2.05) is 19.1 Å². The summed E-state index contributed by atoms with van der Waals surface area (Å²) in [6.07, 6.45) is 1.82. The number of benzene rings is 1. The van der Waals surface area contributed by atoms with E-state index in [4.69, 9.17) is 21.1 Å². The second-order valence-electron chi connectivity index (χ2n) is 7.68. The first-order valence-electron chi connectivity index (χ1n) is 10.8. The van der Waals surface area contributed by atoms with E-state index in [0.717, 1.165) is 63.2 Å². The molecular weight excluding hydrogens is 404 g/mol. The third kappa shape index (κ3) is 6.09. The summed E-state index contributed by atoms with van der Waals surface area (Å²) in [5.74, 6) is 0.629. The highest BCUT2D eigenvalue weighted by molar-refractivity contribution is 6.30. The van der Waals surface area contributed by atoms with Crippen LogP contribution in [0.25, 0.3) is 0 Å². The zero-order chi connectivity index (χ0) is 21.3. The molecule has 30 heavy (non-hydrogen) atoms. The summed E-state index contributed by atoms with van der Waals surface area (Å²) in [6, 6.07) is 8.24. The Bertz CT molecular complexity index is 707. The number of morpholine rings is 1. The van der Waals surface area contributed by atoms with Gasteiger partial charge in [0.25, 0.3) is 0 Å². The highest BCUT2D eigenvalue weighted by Crippen LogP contribution is 2.24. The summed E-state index contributed by atoms with van der Waals surface area (Å²) in [6.45, 7) is 7.78. The van der Waals surface area contributed by atoms with Crippen molar-refractivity contribution >= 4 is 23.5 Å². The van der Waals surface area contributed by atoms with Gasteiger partial charge in [0.15, 0.2) is 5.96 Å². The molecule has 0 aromatic heterocycles. The normalized spacial score (nSPS) is 21.9. The molecule has 3 rings (SSSR count). The number of nitrogens with one attached hydrogen (secondary N) is 1. The SMILES string of the molecule is CCOC(=O)C1CCCN(C(=NC)NCC(c2ccc(Cl)cc2)N2CCOCC2)C1. The molecule has 2 saturated heterocycles. The standard InChI is InChI=1S/C22H33ClN4O3/c1-3-30-21(28)18-5-4-10-27(16-18)22(24-2)25-15-20(26-11-13-29-14-12-26)17-6-8-19(23)9-7-17/h6-9,18,20H,3-5,10-16H2,1-2H3,(H,24,25). The van der Waals surface area contributed by atoms with Gasteiger partial charge in [-0.1, -0.05) is 23.7 Å². The minimum absolute atomic E-state index is 0.0939. The van der Waals surface area contributed by atoms with Crippen LogP contribution in [0.3, 0.4) is 0 Å². The van der Waals surface area contributed by atoms with Gasteiger partial charge in [-0.3, -0.25) is 14.7 Å². The fourth-order valence-corrected chi connectivity index (χ4v) is 4.30. The Morgan fingerprint density at radius 3 is 2.70 bits per heavy atom. The number of nitrogens with zero attached hydrogens (tertiary/aromatic N) is 3. The molecule has 0 spiro atoms. The summed E-state index contributed by atoms with van der Waals surface area (Å²) in [5.41, 5.74) is 1.22. The number of piperidine rings is 1. The Hall–Kier alpha value is -1.83. The van der Waals surface area contributed by atoms with Crippen molar-refractivity contribution in [2.75, 3.05) is 59.6 Å². The average Bonchev–Trinajstić information content (AvgIpc) is 2.78. The number of carbonyl (C=O) groups excluding carboxylic acids is 1. The van der Waals surface area contributed by atoms with Crippen molar-refractivity contribution < 1.29 is 14.3 Å². The van der Waals surface area contributed by atoms with Crippen LogP contribution in [0.4, 0.5) is 0 Å². The van der Waals surface area contributed by atoms with Crippen LogP contribution < -0.4 is 5.32 Å². The second-order valence-corrected chi connectivity index (χ2v) is 8.12. The van der Waals surface area contributed by atoms with Gasteiger partial charge in [0.1, 0.15) is 0 Å². The summed E-state index contributed by atoms with van der Waals surface area (Å²) >= 11 is 6.10. The Labute approximate surface area is 184 Å². The van der Waals surface area contributed by atoms with E-state index in [-0.39, 0.29) is 17.9 Å². The fourth-order valence-electron chi connectivity index (χ4n) is 4.17. The maximum atomic E-state index is 12.2. The fraction of sp³-hybridized carbons (Fsp3) is 0.636. The minimum atomic E-state index is -0.106. The number of hydrogen-bond acceptors (Lipinski definition) is 5. The molecule has 2 atom stereocenters. The Morgan fingerprint density at radius 1 is 1.30 bits per heavy atom. The predicted molar refractivity (Wildman–Crippen MR) is 119 cm³/mol. The molecule has 2 heterocycles. The number of carbonyl (C=O) groups is 1. The number of esters is 1. The molecule has 7 nitrogen and oxygen atoms in total. The Morgan fingerprint density at radius 2 is 2.03 bits per heavy atom. The van der Waals surface area contributed by atoms with Crippen molar-refractivity contribution in [3.05, 3.63) is 34.9 Å². The summed E-state index contributed by atoms with van der Waals surface area (Å²) in [7, 11) is 1.79. The smallest absolute Gasteiger partial charge is 0.310 e. The van der Waals surface area contributed by atoms with Gasteiger partial charge >= 0.3 is 5.97 Å². The lowest BCUT2D eigenvalue weighted by molar-refractivity contribution is -0.149. The van der Waals surface area contributed by atoms with Crippen LogP contribution in [0, 0.1) is 5.92 Å². The van der Waals surface area contributed by atoms with Gasteiger partial charge in [-0.05, 0) is 37.5 Å². The molecule has 166 valence electrons. The van der Waals surface area contributed by atoms with Crippen LogP contribution in [0.15, 0.2) is 29.3 Å². The molecule has 0 saturated carbocycles. The zero-order valence-electron chi connectivity index (χ0n) is 18.0. The van der Waals surface area contributed by atoms with E-state index >= 15 is 0 Å². The molecule has 0 radical (unpaired) electrons. The van der Waals surface area contributed by atoms with E-state index in [9.17, 15) is 4.79 Å². The topological polar surface area (TPSA) is 66.4 Å². The lowest BCUT2D eigenvalue weighted by Gasteiger charge is -2.37. The largest absolute Gasteiger partial charge is 0.466 e. The molecule has 1 N–H and O–H groups in total. The van der Waals surface area contributed by atoms with E-state index in [1.165, 1.54) is 5.56 Å². The van der Waals surface area contributed by atoms with Gasteiger partial charge < -0.3 is 19.7 Å². The molecule has 2 unspecified atom stereocenters. The maximum absolute atomic E-state index is 12.2. The number of rotatable bonds is 6. The summed E-state index contributed by atoms with van der Waals surface area (Å²) < 4.78 is 10.8. The van der Waals surface area contributed by atoms with Crippen LogP contribution in [0.2, 0.25) is 5.02 Å². The lowest BCUT2D eigenvalue weighted by Crippen LogP contribution is -2.50. The molecule has 1 aromatic carbocycles. The number of guanidine groups is 1. The van der Waals surface area contributed by atoms with Crippen LogP contribution in [-0.4, -0.2) is 81.3 Å². The number of halogens is 1. The Kier molecular flexibility index (Phi) is 8.78. The van der Waals surface area contributed by atoms with E-state index in [1.54, 1.807) is 7.05 Å². The van der Waals surface area contributed by atoms with Gasteiger partial charge in [-0.15, -0.1) is 0 Å². The second kappa shape index (κ2) is 11.5. The first-order chi connectivity index (χ1) is 14.6. The van der Waals surface area contributed by atoms with Crippen LogP contribution in [-0.2, 0) is 14.3 Å². The van der Waals surface area contributed by atoms with Crippen molar-refractivity contribution in [3.63, 3.8) is 0 Å². The molecule has 2 aliphatic heterocycles. The summed E-state index contributed by atoms with van der Waals surface area (Å²) in [4.78, 5) is 21.3. The van der Waals surface area contributed by atoms with Crippen molar-refractivity contribution in [2.45, 2.75) is 25.8 Å². The third-order valence-corrected chi connectivity index (χ3v) is 6.00. The molecule has 0 aliphatic carbocycles. The first-order valence-corrected chi connectivity index (χ1v) is 11.2. The maximum Gasteiger partial charge on any atom is 0.310 e. The van der Waals surface area contributed by atoms with E-state index in [2.05, 4.69) is 32.2 Å². The lowest BCUT2D eigenvalue weighted by atomic mass is 9.98. The van der Waals surface area contributed by atoms with Crippen molar-refractivity contribution in [2.24, 2.45) is 10.9 Å². The first kappa shape index (κ1) is 22.8. The van der Waals surface area contributed by atoms with E-state index in [0.29, 0.717) is 13.2 Å². The number of aliphatic imine (C=N–C) groups is 1. The monoisotopic (exact) mass is 436 g/mol. The van der Waals surface area contributed by atoms with Gasteiger partial charge in [0, 0.05) is 44.8 Å². The van der Waals surface area contributed by atoms with Gasteiger partial charge in [-0.25, -0.2) is 0 Å². The quantitative estimate of drug-likeness (QED) is 0.420. The zero-order valence-corrected chi connectivity index (χ0v) is 18.7. The van der Waals surface area contributed by atoms with Gasteiger partial charge in [0.2, 0.25) is 0 Å². The predicted octanol–water partition coefficient (Wildman–Crippen LogP) is 2.56. The van der Waals surface area contributed by atoms with Crippen LogP contribution in [0.5, 0.6) is 0 Å². The number of hydrogen-bond donors (Lipinski definition) is 1. The molecular formula is C22H33ClN4O3. The van der Waals surface area contributed by atoms with Crippen molar-refractivity contribution in [1.82, 2.24) is 15.1 Å². The molecule has 1 aromatic rings. The van der Waals surface area contributed by atoms with Crippen LogP contribution in [0.1, 0.15) is 31.4 Å². The number of ether oxygens (including phenoxy) is 2. The van der Waals surface area contributed by atoms with E-state index < -0.39 is 0 Å². The minimum Gasteiger partial charge on any atom is -0.466 e. The highest BCUT2D eigenvalue weighted by Gasteiger charge is 2.29. The molecule has 2 fully saturated rings. The highest BCUT2D eigenvalue weighted by atomic mass is 35.5. The van der Waals surface area contributed by atoms with Crippen molar-refractivity contribution in [3.8, 4) is 0 Å². The molecule has 8 heteroatoms. The van der Waals surface area contributed by atoms with Crippen LogP contribution >= 0.6 is 11.6 Å². The summed E-state index contributed by atoms with van der Waals surface area (Å²) in [5, 5.41) is 4.29. The molecule has 2 aliphatic rings. The molecule has 0 amide bonds. The molecule has 0 bridgehead atoms. The number of likely N-dealkylation sites (tertiary alicyclic amines) is 1. The van der Waals surface area contributed by atoms with Gasteiger partial charge in [-0.2, -0.15) is 0 Å². The average molecular weight is 437 g/mol. The third-order valence-electron chi connectivity index (χ3n) is 5.75. The Balaban J connectivity index is 1.66.